The maximum atomic E-state index is 12.3. The third kappa shape index (κ3) is 3.41. The number of methoxy groups -OCH3 is 1. The molecule has 0 aliphatic carbocycles. The van der Waals surface area contributed by atoms with Crippen molar-refractivity contribution in [1.29, 1.82) is 0 Å². The zero-order valence-corrected chi connectivity index (χ0v) is 15.2. The molecule has 4 rings (SSSR count). The zero-order valence-electron chi connectivity index (χ0n) is 13.6. The summed E-state index contributed by atoms with van der Waals surface area (Å²) < 4.78 is 5.13. The Morgan fingerprint density at radius 2 is 2.00 bits per heavy atom. The summed E-state index contributed by atoms with van der Waals surface area (Å²) in [5, 5.41) is 3.60. The molecule has 1 aliphatic heterocycles. The van der Waals surface area contributed by atoms with Crippen LogP contribution in [0.25, 0.3) is 11.3 Å². The summed E-state index contributed by atoms with van der Waals surface area (Å²) in [6.45, 7) is 0. The standard InChI is InChI=1S/C19H16N2O2S2/c1-23-13-8-6-12(7-9-13)10-17(22)20-19-21-18-14-4-2-3-5-15(14)24-11-16(18)25-19/h2-9H,10-11H2,1H3,(H,20,21,22). The topological polar surface area (TPSA) is 51.2 Å². The molecule has 1 aromatic heterocycles. The van der Waals surface area contributed by atoms with Crippen LogP contribution in [0.2, 0.25) is 0 Å². The molecule has 1 N–H and O–H groups in total. The van der Waals surface area contributed by atoms with Crippen molar-refractivity contribution in [2.45, 2.75) is 17.1 Å². The molecule has 6 heteroatoms. The molecule has 2 aromatic carbocycles. The summed E-state index contributed by atoms with van der Waals surface area (Å²) >= 11 is 3.38. The van der Waals surface area contributed by atoms with E-state index in [0.29, 0.717) is 11.6 Å². The molecular weight excluding hydrogens is 352 g/mol. The first-order valence-electron chi connectivity index (χ1n) is 7.87. The second kappa shape index (κ2) is 6.90. The van der Waals surface area contributed by atoms with Gasteiger partial charge in [-0.05, 0) is 23.8 Å². The highest BCUT2D eigenvalue weighted by Crippen LogP contribution is 2.44. The third-order valence-electron chi connectivity index (χ3n) is 3.97. The van der Waals surface area contributed by atoms with Gasteiger partial charge in [0.25, 0.3) is 0 Å². The molecule has 0 atom stereocenters. The number of anilines is 1. The van der Waals surface area contributed by atoms with Crippen molar-refractivity contribution in [1.82, 2.24) is 4.98 Å². The summed E-state index contributed by atoms with van der Waals surface area (Å²) in [5.74, 6) is 1.63. The van der Waals surface area contributed by atoms with Crippen LogP contribution in [0, 0.1) is 0 Å². The largest absolute Gasteiger partial charge is 0.497 e. The van der Waals surface area contributed by atoms with Gasteiger partial charge in [-0.1, -0.05) is 30.3 Å². The Hall–Kier alpha value is -2.31. The molecule has 3 aromatic rings. The number of amides is 1. The average Bonchev–Trinajstić information content (AvgIpc) is 3.05. The summed E-state index contributed by atoms with van der Waals surface area (Å²) in [5.41, 5.74) is 3.10. The number of hydrogen-bond acceptors (Lipinski definition) is 5. The van der Waals surface area contributed by atoms with Gasteiger partial charge in [0.05, 0.1) is 19.2 Å². The number of ether oxygens (including phenoxy) is 1. The lowest BCUT2D eigenvalue weighted by Gasteiger charge is -2.13. The number of thioether (sulfide) groups is 1. The number of carbonyl (C=O) groups is 1. The predicted molar refractivity (Wildman–Crippen MR) is 102 cm³/mol. The second-order valence-electron chi connectivity index (χ2n) is 5.65. The quantitative estimate of drug-likeness (QED) is 0.731. The first kappa shape index (κ1) is 16.2. The fraction of sp³-hybridized carbons (Fsp3) is 0.158. The third-order valence-corrected chi connectivity index (χ3v) is 6.22. The van der Waals surface area contributed by atoms with Gasteiger partial charge in [-0.2, -0.15) is 0 Å². The monoisotopic (exact) mass is 368 g/mol. The fourth-order valence-electron chi connectivity index (χ4n) is 2.74. The molecule has 0 unspecified atom stereocenters. The van der Waals surface area contributed by atoms with Crippen LogP contribution in [0.15, 0.2) is 53.4 Å². The van der Waals surface area contributed by atoms with Gasteiger partial charge in [0.1, 0.15) is 5.75 Å². The lowest BCUT2D eigenvalue weighted by Crippen LogP contribution is -2.14. The normalized spacial score (nSPS) is 12.2. The molecular formula is C19H16N2O2S2. The van der Waals surface area contributed by atoms with Gasteiger partial charge < -0.3 is 10.1 Å². The molecule has 0 saturated heterocycles. The summed E-state index contributed by atoms with van der Waals surface area (Å²) in [4.78, 5) is 19.4. The van der Waals surface area contributed by atoms with Crippen LogP contribution in [0.1, 0.15) is 10.4 Å². The van der Waals surface area contributed by atoms with E-state index in [1.54, 1.807) is 18.4 Å². The van der Waals surface area contributed by atoms with Crippen LogP contribution in [0.5, 0.6) is 5.75 Å². The number of hydrogen-bond donors (Lipinski definition) is 1. The van der Waals surface area contributed by atoms with Gasteiger partial charge >= 0.3 is 0 Å². The summed E-state index contributed by atoms with van der Waals surface area (Å²) in [7, 11) is 1.63. The highest BCUT2D eigenvalue weighted by atomic mass is 32.2. The SMILES string of the molecule is COc1ccc(CC(=O)Nc2nc3c(s2)CSc2ccccc2-3)cc1. The van der Waals surface area contributed by atoms with Gasteiger partial charge in [-0.15, -0.1) is 23.1 Å². The molecule has 0 radical (unpaired) electrons. The Balaban J connectivity index is 1.48. The molecule has 1 aliphatic rings. The molecule has 126 valence electrons. The second-order valence-corrected chi connectivity index (χ2v) is 7.75. The van der Waals surface area contributed by atoms with E-state index in [1.165, 1.54) is 9.77 Å². The van der Waals surface area contributed by atoms with Gasteiger partial charge in [-0.25, -0.2) is 4.98 Å². The molecule has 25 heavy (non-hydrogen) atoms. The van der Waals surface area contributed by atoms with Crippen LogP contribution in [0.4, 0.5) is 5.13 Å². The van der Waals surface area contributed by atoms with Crippen molar-refractivity contribution in [2.24, 2.45) is 0 Å². The molecule has 0 spiro atoms. The van der Waals surface area contributed by atoms with Crippen molar-refractivity contribution >= 4 is 34.1 Å². The Morgan fingerprint density at radius 3 is 2.80 bits per heavy atom. The number of benzene rings is 2. The molecule has 0 fully saturated rings. The Labute approximate surface area is 154 Å². The highest BCUT2D eigenvalue weighted by Gasteiger charge is 2.21. The van der Waals surface area contributed by atoms with Gasteiger partial charge in [0.2, 0.25) is 5.91 Å². The predicted octanol–water partition coefficient (Wildman–Crippen LogP) is 4.61. The van der Waals surface area contributed by atoms with Gasteiger partial charge in [0.15, 0.2) is 5.13 Å². The minimum absolute atomic E-state index is 0.0581. The van der Waals surface area contributed by atoms with E-state index in [9.17, 15) is 4.79 Å². The maximum Gasteiger partial charge on any atom is 0.230 e. The number of thiazole rings is 1. The number of aromatic nitrogens is 1. The highest BCUT2D eigenvalue weighted by molar-refractivity contribution is 7.98. The van der Waals surface area contributed by atoms with E-state index in [4.69, 9.17) is 4.74 Å². The van der Waals surface area contributed by atoms with Crippen molar-refractivity contribution in [3.63, 3.8) is 0 Å². The van der Waals surface area contributed by atoms with E-state index in [2.05, 4.69) is 22.4 Å². The first-order chi connectivity index (χ1) is 12.2. The van der Waals surface area contributed by atoms with Crippen LogP contribution in [-0.2, 0) is 17.0 Å². The van der Waals surface area contributed by atoms with Crippen LogP contribution < -0.4 is 10.1 Å². The minimum atomic E-state index is -0.0581. The number of carbonyl (C=O) groups excluding carboxylic acids is 1. The number of rotatable bonds is 4. The van der Waals surface area contributed by atoms with Gasteiger partial charge in [0, 0.05) is 21.1 Å². The van der Waals surface area contributed by atoms with Gasteiger partial charge in [-0.3, -0.25) is 4.79 Å². The Kier molecular flexibility index (Phi) is 4.46. The minimum Gasteiger partial charge on any atom is -0.497 e. The van der Waals surface area contributed by atoms with E-state index >= 15 is 0 Å². The average molecular weight is 368 g/mol. The van der Waals surface area contributed by atoms with E-state index in [-0.39, 0.29) is 5.91 Å². The van der Waals surface area contributed by atoms with Crippen LogP contribution in [-0.4, -0.2) is 18.0 Å². The van der Waals surface area contributed by atoms with Crippen molar-refractivity contribution < 1.29 is 9.53 Å². The number of nitrogens with one attached hydrogen (secondary N) is 1. The lowest BCUT2D eigenvalue weighted by atomic mass is 10.1. The zero-order chi connectivity index (χ0) is 17.2. The Morgan fingerprint density at radius 1 is 1.20 bits per heavy atom. The van der Waals surface area contributed by atoms with E-state index in [0.717, 1.165) is 28.3 Å². The van der Waals surface area contributed by atoms with Crippen molar-refractivity contribution in [2.75, 3.05) is 12.4 Å². The lowest BCUT2D eigenvalue weighted by molar-refractivity contribution is -0.115. The molecule has 1 amide bonds. The summed E-state index contributed by atoms with van der Waals surface area (Å²) in [6.07, 6.45) is 0.319. The maximum absolute atomic E-state index is 12.3. The molecule has 4 nitrogen and oxygen atoms in total. The van der Waals surface area contributed by atoms with Crippen molar-refractivity contribution in [3.05, 3.63) is 59.0 Å². The van der Waals surface area contributed by atoms with Crippen LogP contribution >= 0.6 is 23.1 Å². The number of fused-ring (bicyclic) bond motifs is 3. The molecule has 0 saturated carbocycles. The first-order valence-corrected chi connectivity index (χ1v) is 9.68. The van der Waals surface area contributed by atoms with E-state index in [1.807, 2.05) is 48.2 Å². The summed E-state index contributed by atoms with van der Waals surface area (Å²) in [6, 6.07) is 15.8. The van der Waals surface area contributed by atoms with Crippen LogP contribution in [0.3, 0.4) is 0 Å². The Bertz CT molecular complexity index is 919. The fourth-order valence-corrected chi connectivity index (χ4v) is 4.86. The van der Waals surface area contributed by atoms with Crippen molar-refractivity contribution in [3.8, 4) is 17.0 Å². The smallest absolute Gasteiger partial charge is 0.230 e. The molecule has 2 heterocycles. The van der Waals surface area contributed by atoms with E-state index < -0.39 is 0 Å². The number of nitrogens with zero attached hydrogens (tertiary/aromatic N) is 1. The molecule has 0 bridgehead atoms.